The van der Waals surface area contributed by atoms with Gasteiger partial charge in [-0.05, 0) is 42.7 Å². The molecule has 0 saturated carbocycles. The number of H-pyrrole nitrogens is 1. The molecule has 3 N–H and O–H groups in total. The van der Waals surface area contributed by atoms with E-state index >= 15 is 0 Å². The second-order valence-electron chi connectivity index (χ2n) is 7.86. The van der Waals surface area contributed by atoms with Crippen molar-refractivity contribution in [2.75, 3.05) is 11.9 Å². The Hall–Kier alpha value is -4.07. The average Bonchev–Trinajstić information content (AvgIpc) is 3.13. The molecule has 5 rings (SSSR count). The van der Waals surface area contributed by atoms with Crippen LogP contribution < -0.4 is 15.6 Å². The maximum Gasteiger partial charge on any atom is 0.341 e. The van der Waals surface area contributed by atoms with Crippen LogP contribution in [-0.2, 0) is 9.59 Å². The summed E-state index contributed by atoms with van der Waals surface area (Å²) in [6.07, 6.45) is 1.94. The first kappa shape index (κ1) is 19.9. The number of rotatable bonds is 5. The molecule has 1 aliphatic carbocycles. The molecule has 2 aliphatic rings. The zero-order valence-electron chi connectivity index (χ0n) is 17.1. The summed E-state index contributed by atoms with van der Waals surface area (Å²) < 4.78 is 6.71. The van der Waals surface area contributed by atoms with E-state index < -0.39 is 18.5 Å². The molecule has 0 fully saturated rings. The van der Waals surface area contributed by atoms with Crippen LogP contribution in [0.25, 0.3) is 5.69 Å². The van der Waals surface area contributed by atoms with E-state index in [9.17, 15) is 14.4 Å². The zero-order chi connectivity index (χ0) is 22.2. The minimum Gasteiger partial charge on any atom is -0.482 e. The van der Waals surface area contributed by atoms with Crippen molar-refractivity contribution in [2.24, 2.45) is 0 Å². The number of hydrogen-bond donors (Lipinski definition) is 3. The third-order valence-corrected chi connectivity index (χ3v) is 5.83. The van der Waals surface area contributed by atoms with E-state index in [2.05, 4.69) is 10.4 Å². The van der Waals surface area contributed by atoms with E-state index in [1.165, 1.54) is 4.68 Å². The van der Waals surface area contributed by atoms with Crippen molar-refractivity contribution in [2.45, 2.75) is 25.2 Å². The molecule has 32 heavy (non-hydrogen) atoms. The fourth-order valence-corrected chi connectivity index (χ4v) is 4.43. The van der Waals surface area contributed by atoms with Gasteiger partial charge < -0.3 is 15.2 Å². The molecule has 1 aliphatic heterocycles. The topological polar surface area (TPSA) is 113 Å². The second-order valence-corrected chi connectivity index (χ2v) is 7.86. The van der Waals surface area contributed by atoms with Crippen LogP contribution in [0.4, 0.5) is 5.82 Å². The summed E-state index contributed by atoms with van der Waals surface area (Å²) in [5.74, 6) is -0.550. The fraction of sp³-hybridized carbons (Fsp3) is 0.208. The van der Waals surface area contributed by atoms with Gasteiger partial charge >= 0.3 is 5.97 Å². The monoisotopic (exact) mass is 431 g/mol. The smallest absolute Gasteiger partial charge is 0.341 e. The van der Waals surface area contributed by atoms with Crippen LogP contribution in [0.2, 0.25) is 0 Å². The number of ether oxygens (including phenoxy) is 1. The van der Waals surface area contributed by atoms with Crippen molar-refractivity contribution in [1.29, 1.82) is 0 Å². The van der Waals surface area contributed by atoms with Crippen molar-refractivity contribution < 1.29 is 19.4 Å². The van der Waals surface area contributed by atoms with E-state index in [1.807, 2.05) is 30.3 Å². The van der Waals surface area contributed by atoms with Gasteiger partial charge in [0.25, 0.3) is 5.56 Å². The first-order valence-electron chi connectivity index (χ1n) is 10.4. The number of Topliss-reactive ketones (excluding diaryl/α,β-unsaturated/α-hetero) is 1. The van der Waals surface area contributed by atoms with Crippen molar-refractivity contribution >= 4 is 17.6 Å². The Morgan fingerprint density at radius 2 is 1.81 bits per heavy atom. The lowest BCUT2D eigenvalue weighted by atomic mass is 9.77. The van der Waals surface area contributed by atoms with Gasteiger partial charge in [-0.25, -0.2) is 9.48 Å². The van der Waals surface area contributed by atoms with Crippen LogP contribution in [-0.4, -0.2) is 33.2 Å². The number of carbonyl (C=O) groups excluding carboxylic acids is 1. The van der Waals surface area contributed by atoms with E-state index in [4.69, 9.17) is 9.84 Å². The standard InChI is InChI=1S/C24H21N3O5/c28-18-8-4-7-17-21(18)20(14-9-11-16(12-10-14)32-13-19(29)30)22-23(25-17)26-27(24(22)31)15-5-2-1-3-6-15/h1-3,5-6,9-12,20,25-26H,4,7-8,13H2,(H,29,30)/t20-/m1/s1. The van der Waals surface area contributed by atoms with Gasteiger partial charge in [-0.3, -0.25) is 14.7 Å². The number of nitrogens with zero attached hydrogens (tertiary/aromatic N) is 1. The normalized spacial score (nSPS) is 17.4. The molecule has 1 aromatic heterocycles. The number of aromatic amines is 1. The van der Waals surface area contributed by atoms with Gasteiger partial charge in [0.1, 0.15) is 11.6 Å². The van der Waals surface area contributed by atoms with Crippen LogP contribution in [0.15, 0.2) is 70.7 Å². The highest BCUT2D eigenvalue weighted by atomic mass is 16.5. The minimum atomic E-state index is -1.06. The maximum absolute atomic E-state index is 13.5. The van der Waals surface area contributed by atoms with Crippen molar-refractivity contribution in [3.8, 4) is 11.4 Å². The third kappa shape index (κ3) is 3.39. The molecule has 162 valence electrons. The first-order chi connectivity index (χ1) is 15.5. The quantitative estimate of drug-likeness (QED) is 0.572. The van der Waals surface area contributed by atoms with Gasteiger partial charge in [-0.1, -0.05) is 30.3 Å². The average molecular weight is 431 g/mol. The number of anilines is 1. The molecule has 2 aromatic carbocycles. The van der Waals surface area contributed by atoms with Gasteiger partial charge in [0.15, 0.2) is 12.4 Å². The first-order valence-corrected chi connectivity index (χ1v) is 10.4. The Labute approximate surface area is 183 Å². The number of aromatic nitrogens is 2. The van der Waals surface area contributed by atoms with Gasteiger partial charge in [0.05, 0.1) is 11.3 Å². The van der Waals surface area contributed by atoms with Gasteiger partial charge in [0, 0.05) is 23.6 Å². The highest BCUT2D eigenvalue weighted by molar-refractivity contribution is 6.00. The maximum atomic E-state index is 13.5. The summed E-state index contributed by atoms with van der Waals surface area (Å²) in [5, 5.41) is 15.3. The van der Waals surface area contributed by atoms with E-state index in [0.29, 0.717) is 34.8 Å². The SMILES string of the molecule is O=C(O)COc1ccc([C@@H]2C3=C(CCCC3=O)Nc3[nH]n(-c4ccccc4)c(=O)c32)cc1. The van der Waals surface area contributed by atoms with E-state index in [0.717, 1.165) is 24.1 Å². The van der Waals surface area contributed by atoms with Crippen LogP contribution >= 0.6 is 0 Å². The van der Waals surface area contributed by atoms with E-state index in [-0.39, 0.29) is 11.3 Å². The summed E-state index contributed by atoms with van der Waals surface area (Å²) in [7, 11) is 0. The van der Waals surface area contributed by atoms with Gasteiger partial charge in [-0.15, -0.1) is 0 Å². The third-order valence-electron chi connectivity index (χ3n) is 5.83. The number of carbonyl (C=O) groups is 2. The summed E-state index contributed by atoms with van der Waals surface area (Å²) >= 11 is 0. The van der Waals surface area contributed by atoms with Crippen molar-refractivity contribution in [3.63, 3.8) is 0 Å². The predicted molar refractivity (Wildman–Crippen MR) is 117 cm³/mol. The lowest BCUT2D eigenvalue weighted by molar-refractivity contribution is -0.139. The Morgan fingerprint density at radius 3 is 2.53 bits per heavy atom. The van der Waals surface area contributed by atoms with Crippen molar-refractivity contribution in [3.05, 3.63) is 87.3 Å². The van der Waals surface area contributed by atoms with E-state index in [1.54, 1.807) is 24.3 Å². The molecular formula is C24H21N3O5. The molecule has 0 unspecified atom stereocenters. The number of aliphatic carboxylic acids is 1. The molecule has 0 radical (unpaired) electrons. The summed E-state index contributed by atoms with van der Waals surface area (Å²) in [5.41, 5.74) is 3.20. The lowest BCUT2D eigenvalue weighted by Gasteiger charge is -2.31. The number of benzene rings is 2. The molecule has 0 saturated heterocycles. The number of hydrogen-bond acceptors (Lipinski definition) is 5. The molecule has 3 aromatic rings. The number of fused-ring (bicyclic) bond motifs is 1. The molecule has 0 spiro atoms. The lowest BCUT2D eigenvalue weighted by Crippen LogP contribution is -2.29. The number of carboxylic acids is 1. The highest BCUT2D eigenvalue weighted by Crippen LogP contribution is 2.43. The number of allylic oxidation sites excluding steroid dienone is 2. The summed E-state index contributed by atoms with van der Waals surface area (Å²) in [6, 6.07) is 16.2. The molecule has 0 amide bonds. The number of para-hydroxylation sites is 1. The zero-order valence-corrected chi connectivity index (χ0v) is 17.1. The molecular weight excluding hydrogens is 410 g/mol. The van der Waals surface area contributed by atoms with Crippen LogP contribution in [0.3, 0.4) is 0 Å². The molecule has 0 bridgehead atoms. The molecule has 1 atom stereocenters. The van der Waals surface area contributed by atoms with Crippen LogP contribution in [0.1, 0.15) is 36.3 Å². The number of nitrogens with one attached hydrogen (secondary N) is 2. The van der Waals surface area contributed by atoms with Crippen molar-refractivity contribution in [1.82, 2.24) is 9.78 Å². The van der Waals surface area contributed by atoms with Gasteiger partial charge in [0.2, 0.25) is 0 Å². The molecule has 2 heterocycles. The summed E-state index contributed by atoms with van der Waals surface area (Å²) in [4.78, 5) is 37.2. The summed E-state index contributed by atoms with van der Waals surface area (Å²) in [6.45, 7) is -0.440. The van der Waals surface area contributed by atoms with Crippen LogP contribution in [0, 0.1) is 0 Å². The Kier molecular flexibility index (Phi) is 4.89. The Bertz CT molecular complexity index is 1290. The second kappa shape index (κ2) is 7.88. The number of ketones is 1. The Balaban J connectivity index is 1.62. The largest absolute Gasteiger partial charge is 0.482 e. The fourth-order valence-electron chi connectivity index (χ4n) is 4.43. The number of carboxylic acid groups (broad SMARTS) is 1. The Morgan fingerprint density at radius 1 is 1.06 bits per heavy atom. The molecule has 8 nitrogen and oxygen atoms in total. The predicted octanol–water partition coefficient (Wildman–Crippen LogP) is 3.19. The molecule has 8 heteroatoms. The minimum absolute atomic E-state index is 0.0347. The highest BCUT2D eigenvalue weighted by Gasteiger charge is 2.38. The van der Waals surface area contributed by atoms with Crippen LogP contribution in [0.5, 0.6) is 5.75 Å². The van der Waals surface area contributed by atoms with Gasteiger partial charge in [-0.2, -0.15) is 0 Å².